The Balaban J connectivity index is 2.25. The summed E-state index contributed by atoms with van der Waals surface area (Å²) in [4.78, 5) is 24.2. The Hall–Kier alpha value is -1.42. The van der Waals surface area contributed by atoms with E-state index in [-0.39, 0.29) is 17.9 Å². The first-order valence-corrected chi connectivity index (χ1v) is 5.69. The van der Waals surface area contributed by atoms with Crippen molar-refractivity contribution in [3.63, 3.8) is 0 Å². The summed E-state index contributed by atoms with van der Waals surface area (Å²) in [6, 6.07) is 7.35. The first kappa shape index (κ1) is 11.1. The smallest absolute Gasteiger partial charge is 0.254 e. The maximum absolute atomic E-state index is 11.5. The molecule has 1 aromatic rings. The van der Waals surface area contributed by atoms with E-state index in [0.29, 0.717) is 0 Å². The second-order valence-electron chi connectivity index (χ2n) is 3.61. The van der Waals surface area contributed by atoms with Crippen LogP contribution in [0.1, 0.15) is 18.5 Å². The van der Waals surface area contributed by atoms with Crippen LogP contribution in [-0.2, 0) is 9.59 Å². The second-order valence-corrected chi connectivity index (χ2v) is 4.52. The molecule has 1 aromatic carbocycles. The van der Waals surface area contributed by atoms with Gasteiger partial charge in [-0.15, -0.1) is 0 Å². The van der Waals surface area contributed by atoms with Crippen LogP contribution in [0.5, 0.6) is 0 Å². The largest absolute Gasteiger partial charge is 0.269 e. The van der Waals surface area contributed by atoms with E-state index in [9.17, 15) is 9.59 Å². The van der Waals surface area contributed by atoms with E-state index in [4.69, 9.17) is 0 Å². The van der Waals surface area contributed by atoms with Crippen molar-refractivity contribution in [2.24, 2.45) is 0 Å². The Morgan fingerprint density at radius 1 is 1.06 bits per heavy atom. The molecule has 16 heavy (non-hydrogen) atoms. The standard InChI is InChI=1S/C12H10BrNO2/c1-8(9-2-4-10(13)5-3-9)14-11(15)6-7-12(14)16/h2-8H,1H3. The van der Waals surface area contributed by atoms with Gasteiger partial charge in [-0.25, -0.2) is 0 Å². The normalized spacial score (nSPS) is 17.0. The van der Waals surface area contributed by atoms with E-state index in [0.717, 1.165) is 10.0 Å². The van der Waals surface area contributed by atoms with Crippen LogP contribution in [0, 0.1) is 0 Å². The third kappa shape index (κ3) is 1.93. The Labute approximate surface area is 102 Å². The molecule has 0 N–H and O–H groups in total. The molecule has 0 aliphatic carbocycles. The molecule has 2 amide bonds. The van der Waals surface area contributed by atoms with Gasteiger partial charge in [-0.3, -0.25) is 14.5 Å². The van der Waals surface area contributed by atoms with Gasteiger partial charge in [0.05, 0.1) is 6.04 Å². The summed E-state index contributed by atoms with van der Waals surface area (Å²) in [6.07, 6.45) is 2.61. The number of benzene rings is 1. The monoisotopic (exact) mass is 279 g/mol. The fourth-order valence-corrected chi connectivity index (χ4v) is 1.95. The van der Waals surface area contributed by atoms with Gasteiger partial charge in [0.15, 0.2) is 0 Å². The fraction of sp³-hybridized carbons (Fsp3) is 0.167. The maximum atomic E-state index is 11.5. The molecular weight excluding hydrogens is 270 g/mol. The Morgan fingerprint density at radius 3 is 2.06 bits per heavy atom. The maximum Gasteiger partial charge on any atom is 0.254 e. The summed E-state index contributed by atoms with van der Waals surface area (Å²) in [7, 11) is 0. The van der Waals surface area contributed by atoms with E-state index in [2.05, 4.69) is 15.9 Å². The number of carbonyl (C=O) groups excluding carboxylic acids is 2. The van der Waals surface area contributed by atoms with Gasteiger partial charge in [0.1, 0.15) is 0 Å². The van der Waals surface area contributed by atoms with E-state index in [1.165, 1.54) is 17.1 Å². The molecule has 1 aliphatic heterocycles. The molecule has 82 valence electrons. The molecule has 0 saturated heterocycles. The molecule has 3 nitrogen and oxygen atoms in total. The average Bonchev–Trinajstić information content (AvgIpc) is 2.59. The highest BCUT2D eigenvalue weighted by Gasteiger charge is 2.28. The van der Waals surface area contributed by atoms with E-state index in [1.54, 1.807) is 0 Å². The summed E-state index contributed by atoms with van der Waals surface area (Å²) in [5, 5.41) is 0. The van der Waals surface area contributed by atoms with Crippen molar-refractivity contribution < 1.29 is 9.59 Å². The van der Waals surface area contributed by atoms with Gasteiger partial charge < -0.3 is 0 Å². The van der Waals surface area contributed by atoms with Crippen LogP contribution in [0.25, 0.3) is 0 Å². The van der Waals surface area contributed by atoms with E-state index < -0.39 is 0 Å². The Kier molecular flexibility index (Phi) is 2.92. The molecule has 1 atom stereocenters. The van der Waals surface area contributed by atoms with Gasteiger partial charge in [0, 0.05) is 16.6 Å². The van der Waals surface area contributed by atoms with Crippen molar-refractivity contribution in [3.05, 3.63) is 46.5 Å². The molecule has 0 fully saturated rings. The van der Waals surface area contributed by atoms with Crippen LogP contribution in [0.4, 0.5) is 0 Å². The SMILES string of the molecule is CC(c1ccc(Br)cc1)N1C(=O)C=CC1=O. The summed E-state index contributed by atoms with van der Waals surface area (Å²) in [5.41, 5.74) is 0.939. The average molecular weight is 280 g/mol. The highest BCUT2D eigenvalue weighted by molar-refractivity contribution is 9.10. The van der Waals surface area contributed by atoms with Crippen LogP contribution >= 0.6 is 15.9 Å². The number of rotatable bonds is 2. The molecular formula is C12H10BrNO2. The minimum Gasteiger partial charge on any atom is -0.269 e. The molecule has 0 radical (unpaired) electrons. The van der Waals surface area contributed by atoms with E-state index >= 15 is 0 Å². The lowest BCUT2D eigenvalue weighted by molar-refractivity contribution is -0.139. The first-order chi connectivity index (χ1) is 7.59. The van der Waals surface area contributed by atoms with Crippen molar-refractivity contribution in [2.45, 2.75) is 13.0 Å². The van der Waals surface area contributed by atoms with Crippen LogP contribution < -0.4 is 0 Å². The van der Waals surface area contributed by atoms with Crippen molar-refractivity contribution in [2.75, 3.05) is 0 Å². The van der Waals surface area contributed by atoms with Crippen molar-refractivity contribution >= 4 is 27.7 Å². The number of nitrogens with zero attached hydrogens (tertiary/aromatic N) is 1. The summed E-state index contributed by atoms with van der Waals surface area (Å²) in [6.45, 7) is 1.84. The van der Waals surface area contributed by atoms with Crippen LogP contribution in [0.15, 0.2) is 40.9 Å². The Morgan fingerprint density at radius 2 is 1.56 bits per heavy atom. The van der Waals surface area contributed by atoms with Gasteiger partial charge >= 0.3 is 0 Å². The predicted octanol–water partition coefficient (Wildman–Crippen LogP) is 2.44. The molecule has 0 aromatic heterocycles. The van der Waals surface area contributed by atoms with Gasteiger partial charge in [-0.05, 0) is 24.6 Å². The summed E-state index contributed by atoms with van der Waals surface area (Å²) in [5.74, 6) is -0.499. The third-order valence-corrected chi connectivity index (χ3v) is 3.11. The van der Waals surface area contributed by atoms with Crippen LogP contribution in [-0.4, -0.2) is 16.7 Å². The van der Waals surface area contributed by atoms with Crippen molar-refractivity contribution in [1.82, 2.24) is 4.90 Å². The lowest BCUT2D eigenvalue weighted by atomic mass is 10.1. The molecule has 1 unspecified atom stereocenters. The number of hydrogen-bond acceptors (Lipinski definition) is 2. The highest BCUT2D eigenvalue weighted by atomic mass is 79.9. The van der Waals surface area contributed by atoms with Crippen LogP contribution in [0.2, 0.25) is 0 Å². The van der Waals surface area contributed by atoms with Gasteiger partial charge in [0.25, 0.3) is 11.8 Å². The summed E-state index contributed by atoms with van der Waals surface area (Å²) < 4.78 is 0.973. The molecule has 4 heteroatoms. The quantitative estimate of drug-likeness (QED) is 0.780. The highest BCUT2D eigenvalue weighted by Crippen LogP contribution is 2.24. The molecule has 1 heterocycles. The van der Waals surface area contributed by atoms with Crippen molar-refractivity contribution in [1.29, 1.82) is 0 Å². The third-order valence-electron chi connectivity index (χ3n) is 2.58. The predicted molar refractivity (Wildman–Crippen MR) is 63.6 cm³/mol. The zero-order valence-electron chi connectivity index (χ0n) is 8.68. The number of carbonyl (C=O) groups is 2. The van der Waals surface area contributed by atoms with Crippen molar-refractivity contribution in [3.8, 4) is 0 Å². The minimum atomic E-state index is -0.250. The number of imide groups is 1. The van der Waals surface area contributed by atoms with Gasteiger partial charge in [-0.2, -0.15) is 0 Å². The second kappa shape index (κ2) is 4.22. The zero-order valence-corrected chi connectivity index (χ0v) is 10.3. The molecule has 0 bridgehead atoms. The zero-order chi connectivity index (χ0) is 11.7. The minimum absolute atomic E-state index is 0.233. The number of hydrogen-bond donors (Lipinski definition) is 0. The topological polar surface area (TPSA) is 37.4 Å². The Bertz CT molecular complexity index is 446. The lowest BCUT2D eigenvalue weighted by Gasteiger charge is -2.22. The molecule has 0 saturated carbocycles. The first-order valence-electron chi connectivity index (χ1n) is 4.90. The fourth-order valence-electron chi connectivity index (χ4n) is 1.68. The number of halogens is 1. The molecule has 0 spiro atoms. The van der Waals surface area contributed by atoms with Crippen LogP contribution in [0.3, 0.4) is 0 Å². The van der Waals surface area contributed by atoms with Gasteiger partial charge in [-0.1, -0.05) is 28.1 Å². The summed E-state index contributed by atoms with van der Waals surface area (Å²) >= 11 is 3.34. The molecule has 1 aliphatic rings. The number of amides is 2. The van der Waals surface area contributed by atoms with E-state index in [1.807, 2.05) is 31.2 Å². The lowest BCUT2D eigenvalue weighted by Crippen LogP contribution is -2.32. The molecule has 2 rings (SSSR count). The van der Waals surface area contributed by atoms with Gasteiger partial charge in [0.2, 0.25) is 0 Å².